The Balaban J connectivity index is 2.03. The zero-order valence-electron chi connectivity index (χ0n) is 15.2. The van der Waals surface area contributed by atoms with Crippen LogP contribution in [0.1, 0.15) is 41.7 Å². The van der Waals surface area contributed by atoms with E-state index in [1.807, 2.05) is 0 Å². The highest BCUT2D eigenvalue weighted by Crippen LogP contribution is 2.38. The zero-order valence-corrected chi connectivity index (χ0v) is 15.2. The smallest absolute Gasteiger partial charge is 0.341 e. The lowest BCUT2D eigenvalue weighted by Crippen LogP contribution is -2.31. The number of nitrogens with zero attached hydrogens (tertiary/aromatic N) is 1. The molecule has 0 saturated heterocycles. The van der Waals surface area contributed by atoms with Gasteiger partial charge < -0.3 is 25.1 Å². The summed E-state index contributed by atoms with van der Waals surface area (Å²) in [6.45, 7) is 4.06. The molecule has 0 radical (unpaired) electrons. The predicted octanol–water partition coefficient (Wildman–Crippen LogP) is 2.07. The van der Waals surface area contributed by atoms with Crippen molar-refractivity contribution in [2.24, 2.45) is 0 Å². The number of hydrogen-bond donors (Lipinski definition) is 3. The van der Waals surface area contributed by atoms with Crippen molar-refractivity contribution >= 4 is 28.8 Å². The van der Waals surface area contributed by atoms with Gasteiger partial charge in [0.15, 0.2) is 0 Å². The molecule has 1 aliphatic rings. The standard InChI is InChI=1S/C19H22FN3O4/c1-10(9-24)21-5-6-22-14-7-15-16(11(2)17(14)20)18(25)13(19(26)27)8-23(15)12-3-4-12/h7-10,12,21-22H,3-6H2,1-2H3,(H,26,27). The third-order valence-corrected chi connectivity index (χ3v) is 4.78. The Morgan fingerprint density at radius 2 is 2.15 bits per heavy atom. The summed E-state index contributed by atoms with van der Waals surface area (Å²) in [4.78, 5) is 34.6. The van der Waals surface area contributed by atoms with Gasteiger partial charge in [-0.05, 0) is 32.8 Å². The Morgan fingerprint density at radius 3 is 2.74 bits per heavy atom. The highest BCUT2D eigenvalue weighted by atomic mass is 19.1. The number of carboxylic acids is 1. The van der Waals surface area contributed by atoms with E-state index in [0.29, 0.717) is 18.6 Å². The molecule has 0 aliphatic heterocycles. The molecule has 7 nitrogen and oxygen atoms in total. The molecule has 0 bridgehead atoms. The van der Waals surface area contributed by atoms with Crippen LogP contribution in [0.3, 0.4) is 0 Å². The fourth-order valence-electron chi connectivity index (χ4n) is 3.15. The van der Waals surface area contributed by atoms with E-state index >= 15 is 0 Å². The van der Waals surface area contributed by atoms with Gasteiger partial charge in [0.1, 0.15) is 17.7 Å². The molecule has 0 spiro atoms. The fourth-order valence-corrected chi connectivity index (χ4v) is 3.15. The van der Waals surface area contributed by atoms with Crippen LogP contribution in [0, 0.1) is 12.7 Å². The van der Waals surface area contributed by atoms with Gasteiger partial charge >= 0.3 is 5.97 Å². The van der Waals surface area contributed by atoms with Crippen LogP contribution >= 0.6 is 0 Å². The molecule has 1 aliphatic carbocycles. The van der Waals surface area contributed by atoms with Crippen molar-refractivity contribution in [1.29, 1.82) is 0 Å². The average molecular weight is 375 g/mol. The first-order valence-electron chi connectivity index (χ1n) is 8.89. The summed E-state index contributed by atoms with van der Waals surface area (Å²) in [5, 5.41) is 15.4. The fraction of sp³-hybridized carbons (Fsp3) is 0.421. The van der Waals surface area contributed by atoms with Crippen LogP contribution in [0.2, 0.25) is 0 Å². The third kappa shape index (κ3) is 3.71. The number of halogens is 1. The van der Waals surface area contributed by atoms with E-state index in [4.69, 9.17) is 0 Å². The summed E-state index contributed by atoms with van der Waals surface area (Å²) in [5.41, 5.74) is -0.101. The second-order valence-corrected chi connectivity index (χ2v) is 6.88. The van der Waals surface area contributed by atoms with E-state index in [2.05, 4.69) is 10.6 Å². The minimum atomic E-state index is -1.31. The lowest BCUT2D eigenvalue weighted by Gasteiger charge is -2.17. The number of carboxylic acid groups (broad SMARTS) is 1. The van der Waals surface area contributed by atoms with Gasteiger partial charge in [0.05, 0.1) is 22.6 Å². The van der Waals surface area contributed by atoms with Crippen LogP contribution < -0.4 is 16.1 Å². The topological polar surface area (TPSA) is 100 Å². The summed E-state index contributed by atoms with van der Waals surface area (Å²) in [5.74, 6) is -1.89. The van der Waals surface area contributed by atoms with Crippen molar-refractivity contribution in [1.82, 2.24) is 9.88 Å². The second kappa shape index (κ2) is 7.48. The van der Waals surface area contributed by atoms with Gasteiger partial charge in [-0.2, -0.15) is 0 Å². The number of aryl methyl sites for hydroxylation is 1. The quantitative estimate of drug-likeness (QED) is 0.482. The number of aromatic nitrogens is 1. The minimum absolute atomic E-state index is 0.109. The van der Waals surface area contributed by atoms with Crippen molar-refractivity contribution in [2.45, 2.75) is 38.8 Å². The molecule has 8 heteroatoms. The maximum Gasteiger partial charge on any atom is 0.341 e. The largest absolute Gasteiger partial charge is 0.477 e. The van der Waals surface area contributed by atoms with Gasteiger partial charge in [-0.1, -0.05) is 0 Å². The Kier molecular flexibility index (Phi) is 5.27. The molecule has 1 fully saturated rings. The van der Waals surface area contributed by atoms with Gasteiger partial charge in [0.25, 0.3) is 0 Å². The monoisotopic (exact) mass is 375 g/mol. The Hall–Kier alpha value is -2.74. The Bertz CT molecular complexity index is 966. The second-order valence-electron chi connectivity index (χ2n) is 6.88. The molecule has 1 saturated carbocycles. The summed E-state index contributed by atoms with van der Waals surface area (Å²) >= 11 is 0. The molecule has 1 aromatic carbocycles. The number of aromatic carboxylic acids is 1. The number of carbonyl (C=O) groups excluding carboxylic acids is 1. The van der Waals surface area contributed by atoms with Crippen LogP contribution in [-0.4, -0.2) is 41.1 Å². The van der Waals surface area contributed by atoms with E-state index in [-0.39, 0.29) is 34.3 Å². The summed E-state index contributed by atoms with van der Waals surface area (Å²) < 4.78 is 16.6. The lowest BCUT2D eigenvalue weighted by atomic mass is 10.0. The highest BCUT2D eigenvalue weighted by Gasteiger charge is 2.28. The molecule has 1 unspecified atom stereocenters. The van der Waals surface area contributed by atoms with E-state index in [9.17, 15) is 23.9 Å². The van der Waals surface area contributed by atoms with E-state index in [0.717, 1.165) is 19.1 Å². The van der Waals surface area contributed by atoms with Crippen molar-refractivity contribution in [3.8, 4) is 0 Å². The number of carbonyl (C=O) groups is 2. The first kappa shape index (κ1) is 19.0. The van der Waals surface area contributed by atoms with Crippen molar-refractivity contribution < 1.29 is 19.1 Å². The van der Waals surface area contributed by atoms with Gasteiger partial charge in [0, 0.05) is 30.9 Å². The maximum absolute atomic E-state index is 14.8. The number of anilines is 1. The molecule has 1 aromatic heterocycles. The summed E-state index contributed by atoms with van der Waals surface area (Å²) in [6.07, 6.45) is 3.93. The minimum Gasteiger partial charge on any atom is -0.477 e. The number of rotatable bonds is 8. The molecule has 144 valence electrons. The molecule has 1 heterocycles. The number of fused-ring (bicyclic) bond motifs is 1. The molecule has 1 atom stereocenters. The first-order valence-corrected chi connectivity index (χ1v) is 8.89. The van der Waals surface area contributed by atoms with E-state index < -0.39 is 17.2 Å². The van der Waals surface area contributed by atoms with Crippen LogP contribution in [0.15, 0.2) is 17.1 Å². The molecular formula is C19H22FN3O4. The van der Waals surface area contributed by atoms with Crippen molar-refractivity contribution in [3.63, 3.8) is 0 Å². The average Bonchev–Trinajstić information content (AvgIpc) is 3.46. The number of hydrogen-bond acceptors (Lipinski definition) is 5. The van der Waals surface area contributed by atoms with Gasteiger partial charge in [-0.25, -0.2) is 9.18 Å². The van der Waals surface area contributed by atoms with Gasteiger partial charge in [-0.15, -0.1) is 0 Å². The molecular weight excluding hydrogens is 353 g/mol. The van der Waals surface area contributed by atoms with E-state index in [1.165, 1.54) is 13.1 Å². The SMILES string of the molecule is Cc1c(F)c(NCCNC(C)C=O)cc2c1c(=O)c(C(=O)O)cn2C1CC1. The highest BCUT2D eigenvalue weighted by molar-refractivity contribution is 5.95. The number of aldehydes is 1. The Labute approximate surface area is 155 Å². The normalized spacial score (nSPS) is 14.9. The molecule has 0 amide bonds. The maximum atomic E-state index is 14.8. The summed E-state index contributed by atoms with van der Waals surface area (Å²) in [6, 6.07) is 1.40. The first-order chi connectivity index (χ1) is 12.8. The Morgan fingerprint density at radius 1 is 1.44 bits per heavy atom. The van der Waals surface area contributed by atoms with E-state index in [1.54, 1.807) is 17.6 Å². The van der Waals surface area contributed by atoms with Gasteiger partial charge in [0.2, 0.25) is 5.43 Å². The molecule has 2 aromatic rings. The third-order valence-electron chi connectivity index (χ3n) is 4.78. The molecule has 3 N–H and O–H groups in total. The van der Waals surface area contributed by atoms with Crippen LogP contribution in [0.25, 0.3) is 10.9 Å². The molecule has 27 heavy (non-hydrogen) atoms. The van der Waals surface area contributed by atoms with Gasteiger partial charge in [-0.3, -0.25) is 4.79 Å². The molecule has 3 rings (SSSR count). The zero-order chi connectivity index (χ0) is 19.7. The number of pyridine rings is 1. The predicted molar refractivity (Wildman–Crippen MR) is 100 cm³/mol. The van der Waals surface area contributed by atoms with Crippen molar-refractivity contribution in [3.05, 3.63) is 39.4 Å². The lowest BCUT2D eigenvalue weighted by molar-refractivity contribution is -0.109. The number of nitrogens with one attached hydrogen (secondary N) is 2. The summed E-state index contributed by atoms with van der Waals surface area (Å²) in [7, 11) is 0. The van der Waals surface area contributed by atoms with Crippen LogP contribution in [0.5, 0.6) is 0 Å². The number of benzene rings is 1. The van der Waals surface area contributed by atoms with Crippen molar-refractivity contribution in [2.75, 3.05) is 18.4 Å². The van der Waals surface area contributed by atoms with Crippen LogP contribution in [-0.2, 0) is 4.79 Å². The van der Waals surface area contributed by atoms with Crippen LogP contribution in [0.4, 0.5) is 10.1 Å².